The molecule has 0 radical (unpaired) electrons. The number of likely N-dealkylation sites (N-methyl/N-ethyl adjacent to an activating group) is 1. The van der Waals surface area contributed by atoms with Crippen LogP contribution >= 0.6 is 11.3 Å². The van der Waals surface area contributed by atoms with Gasteiger partial charge in [0.1, 0.15) is 0 Å². The summed E-state index contributed by atoms with van der Waals surface area (Å²) in [6.45, 7) is 6.01. The maximum Gasteiger partial charge on any atom is 0.0499 e. The average molecular weight is 295 g/mol. The molecule has 0 aromatic carbocycles. The molecule has 1 atom stereocenters. The van der Waals surface area contributed by atoms with E-state index in [-0.39, 0.29) is 5.41 Å². The van der Waals surface area contributed by atoms with Crippen LogP contribution in [0.1, 0.15) is 44.4 Å². The molecule has 0 amide bonds. The van der Waals surface area contributed by atoms with Gasteiger partial charge in [0, 0.05) is 29.5 Å². The number of rotatable bonds is 6. The Balaban J connectivity index is 1.89. The van der Waals surface area contributed by atoms with Gasteiger partial charge in [-0.2, -0.15) is 0 Å². The number of thiophene rings is 1. The highest BCUT2D eigenvalue weighted by Crippen LogP contribution is 2.39. The zero-order valence-electron chi connectivity index (χ0n) is 13.1. The van der Waals surface area contributed by atoms with Crippen LogP contribution in [-0.2, 0) is 6.42 Å². The highest BCUT2D eigenvalue weighted by molar-refractivity contribution is 7.09. The van der Waals surface area contributed by atoms with Gasteiger partial charge in [-0.15, -0.1) is 11.3 Å². The third kappa shape index (κ3) is 4.06. The summed E-state index contributed by atoms with van der Waals surface area (Å²) >= 11 is 1.84. The highest BCUT2D eigenvalue weighted by atomic mass is 32.1. The fourth-order valence-corrected chi connectivity index (χ4v) is 4.13. The van der Waals surface area contributed by atoms with Crippen LogP contribution in [0.25, 0.3) is 0 Å². The van der Waals surface area contributed by atoms with Crippen LogP contribution in [0, 0.1) is 11.3 Å². The van der Waals surface area contributed by atoms with Crippen molar-refractivity contribution in [2.45, 2.75) is 52.0 Å². The molecular weight excluding hydrogens is 266 g/mol. The molecule has 1 aromatic rings. The van der Waals surface area contributed by atoms with E-state index in [9.17, 15) is 5.11 Å². The van der Waals surface area contributed by atoms with Gasteiger partial charge < -0.3 is 10.0 Å². The van der Waals surface area contributed by atoms with E-state index in [4.69, 9.17) is 0 Å². The van der Waals surface area contributed by atoms with Gasteiger partial charge in [0.2, 0.25) is 0 Å². The number of aliphatic hydroxyl groups is 1. The third-order valence-electron chi connectivity index (χ3n) is 5.08. The maximum absolute atomic E-state index is 9.89. The zero-order chi connectivity index (χ0) is 14.6. The van der Waals surface area contributed by atoms with E-state index in [1.165, 1.54) is 30.6 Å². The lowest BCUT2D eigenvalue weighted by atomic mass is 9.71. The molecule has 1 aliphatic rings. The first-order chi connectivity index (χ1) is 9.54. The highest BCUT2D eigenvalue weighted by Gasteiger charge is 2.35. The van der Waals surface area contributed by atoms with Crippen LogP contribution in [0.15, 0.2) is 17.5 Å². The van der Waals surface area contributed by atoms with Crippen LogP contribution in [0.2, 0.25) is 0 Å². The Morgan fingerprint density at radius 3 is 2.70 bits per heavy atom. The van der Waals surface area contributed by atoms with Crippen molar-refractivity contribution in [2.75, 3.05) is 20.2 Å². The Hall–Kier alpha value is -0.380. The minimum absolute atomic E-state index is 0.144. The third-order valence-corrected chi connectivity index (χ3v) is 5.98. The van der Waals surface area contributed by atoms with Crippen molar-refractivity contribution < 1.29 is 5.11 Å². The first-order valence-electron chi connectivity index (χ1n) is 7.88. The Kier molecular flexibility index (Phi) is 5.65. The molecule has 0 bridgehead atoms. The average Bonchev–Trinajstić information content (AvgIpc) is 2.94. The quantitative estimate of drug-likeness (QED) is 0.863. The Labute approximate surface area is 127 Å². The summed E-state index contributed by atoms with van der Waals surface area (Å²) < 4.78 is 0. The molecule has 1 heterocycles. The number of hydrogen-bond donors (Lipinski definition) is 1. The summed E-state index contributed by atoms with van der Waals surface area (Å²) in [5.74, 6) is 0.837. The van der Waals surface area contributed by atoms with E-state index in [1.807, 2.05) is 11.3 Å². The van der Waals surface area contributed by atoms with Gasteiger partial charge >= 0.3 is 0 Å². The maximum atomic E-state index is 9.89. The summed E-state index contributed by atoms with van der Waals surface area (Å²) in [6, 6.07) is 4.89. The molecule has 1 saturated carbocycles. The molecule has 0 spiro atoms. The molecule has 0 saturated heterocycles. The number of hydrogen-bond acceptors (Lipinski definition) is 3. The second kappa shape index (κ2) is 7.06. The van der Waals surface area contributed by atoms with Crippen LogP contribution < -0.4 is 0 Å². The second-order valence-electron chi connectivity index (χ2n) is 6.89. The van der Waals surface area contributed by atoms with E-state index in [0.29, 0.717) is 12.6 Å². The summed E-state index contributed by atoms with van der Waals surface area (Å²) in [4.78, 5) is 3.91. The van der Waals surface area contributed by atoms with Gasteiger partial charge in [0.15, 0.2) is 0 Å². The minimum atomic E-state index is 0.144. The second-order valence-corrected chi connectivity index (χ2v) is 7.92. The molecule has 20 heavy (non-hydrogen) atoms. The van der Waals surface area contributed by atoms with Gasteiger partial charge in [0.05, 0.1) is 0 Å². The van der Waals surface area contributed by atoms with Gasteiger partial charge in [-0.3, -0.25) is 0 Å². The first kappa shape index (κ1) is 16.0. The van der Waals surface area contributed by atoms with Crippen LogP contribution in [0.5, 0.6) is 0 Å². The Bertz CT molecular complexity index is 382. The van der Waals surface area contributed by atoms with Crippen molar-refractivity contribution in [3.8, 4) is 0 Å². The molecule has 1 unspecified atom stereocenters. The van der Waals surface area contributed by atoms with Gasteiger partial charge in [-0.1, -0.05) is 25.8 Å². The van der Waals surface area contributed by atoms with E-state index in [2.05, 4.69) is 43.3 Å². The molecule has 1 fully saturated rings. The van der Waals surface area contributed by atoms with Crippen molar-refractivity contribution in [3.05, 3.63) is 22.4 Å². The van der Waals surface area contributed by atoms with Crippen molar-refractivity contribution >= 4 is 11.3 Å². The predicted octanol–water partition coefficient (Wildman–Crippen LogP) is 3.80. The Morgan fingerprint density at radius 1 is 1.45 bits per heavy atom. The van der Waals surface area contributed by atoms with Crippen molar-refractivity contribution in [3.63, 3.8) is 0 Å². The number of nitrogens with zero attached hydrogens (tertiary/aromatic N) is 1. The smallest absolute Gasteiger partial charge is 0.0499 e. The lowest BCUT2D eigenvalue weighted by molar-refractivity contribution is 0.0271. The lowest BCUT2D eigenvalue weighted by Gasteiger charge is -2.42. The normalized spacial score (nSPS) is 28.8. The lowest BCUT2D eigenvalue weighted by Crippen LogP contribution is -2.44. The molecule has 2 rings (SSSR count). The monoisotopic (exact) mass is 295 g/mol. The molecule has 1 N–H and O–H groups in total. The SMILES string of the molecule is CC1CCC(CO)(CN(C)C(C)Cc2cccs2)CC1. The van der Waals surface area contributed by atoms with Crippen molar-refractivity contribution in [2.24, 2.45) is 11.3 Å². The summed E-state index contributed by atoms with van der Waals surface area (Å²) in [5.41, 5.74) is 0.144. The predicted molar refractivity (Wildman–Crippen MR) is 87.3 cm³/mol. The standard InChI is InChI=1S/C17H29NOS/c1-14-6-8-17(13-19,9-7-14)12-18(3)15(2)11-16-5-4-10-20-16/h4-5,10,14-15,19H,6-9,11-13H2,1-3H3. The van der Waals surface area contributed by atoms with E-state index >= 15 is 0 Å². The topological polar surface area (TPSA) is 23.5 Å². The largest absolute Gasteiger partial charge is 0.396 e. The fraction of sp³-hybridized carbons (Fsp3) is 0.765. The van der Waals surface area contributed by atoms with E-state index < -0.39 is 0 Å². The van der Waals surface area contributed by atoms with Gasteiger partial charge in [0.25, 0.3) is 0 Å². The summed E-state index contributed by atoms with van der Waals surface area (Å²) in [5, 5.41) is 12.0. The van der Waals surface area contributed by atoms with Gasteiger partial charge in [-0.05, 0) is 50.6 Å². The molecule has 0 aliphatic heterocycles. The summed E-state index contributed by atoms with van der Waals surface area (Å²) in [6.07, 6.45) is 6.02. The fourth-order valence-electron chi connectivity index (χ4n) is 3.30. The van der Waals surface area contributed by atoms with Crippen LogP contribution in [0.3, 0.4) is 0 Å². The Morgan fingerprint density at radius 2 is 2.15 bits per heavy atom. The summed E-state index contributed by atoms with van der Waals surface area (Å²) in [7, 11) is 2.22. The first-order valence-corrected chi connectivity index (χ1v) is 8.76. The van der Waals surface area contributed by atoms with Gasteiger partial charge in [-0.25, -0.2) is 0 Å². The molecule has 1 aromatic heterocycles. The molecular formula is C17H29NOS. The molecule has 2 nitrogen and oxygen atoms in total. The van der Waals surface area contributed by atoms with Crippen molar-refractivity contribution in [1.29, 1.82) is 0 Å². The minimum Gasteiger partial charge on any atom is -0.396 e. The zero-order valence-corrected chi connectivity index (χ0v) is 14.0. The number of aliphatic hydroxyl groups excluding tert-OH is 1. The van der Waals surface area contributed by atoms with E-state index in [1.54, 1.807) is 0 Å². The van der Waals surface area contributed by atoms with E-state index in [0.717, 1.165) is 18.9 Å². The molecule has 3 heteroatoms. The van der Waals surface area contributed by atoms with Crippen LogP contribution in [-0.4, -0.2) is 36.2 Å². The van der Waals surface area contributed by atoms with Crippen LogP contribution in [0.4, 0.5) is 0 Å². The molecule has 114 valence electrons. The van der Waals surface area contributed by atoms with Crippen molar-refractivity contribution in [1.82, 2.24) is 4.90 Å². The molecule has 1 aliphatic carbocycles.